The highest BCUT2D eigenvalue weighted by molar-refractivity contribution is 5.85. The normalized spacial score (nSPS) is 11.0. The number of aromatic amines is 1. The predicted octanol–water partition coefficient (Wildman–Crippen LogP) is 4.45. The van der Waals surface area contributed by atoms with Crippen molar-refractivity contribution in [1.82, 2.24) is 9.78 Å². The molecule has 0 saturated heterocycles. The Morgan fingerprint density at radius 1 is 1.15 bits per heavy atom. The molecule has 0 saturated carbocycles. The van der Waals surface area contributed by atoms with Gasteiger partial charge in [0, 0.05) is 24.0 Å². The zero-order valence-corrected chi connectivity index (χ0v) is 19.2. The highest BCUT2D eigenvalue weighted by Crippen LogP contribution is 2.19. The molecule has 3 N–H and O–H groups in total. The number of carbonyl (C=O) groups is 2. The number of hydrogen-bond donors (Lipinski definition) is 3. The van der Waals surface area contributed by atoms with Crippen LogP contribution >= 0.6 is 0 Å². The van der Waals surface area contributed by atoms with Gasteiger partial charge < -0.3 is 9.84 Å². The number of nitrogens with zero attached hydrogens (tertiary/aromatic N) is 2. The molecule has 9 nitrogen and oxygen atoms in total. The molecule has 2 aromatic carbocycles. The standard InChI is InChI=1S/C25H28N4O5/c1-3-17-8-5-6-9-21(17)26-16-20-22(10-7-11-23(30)31)28-29(24(20)32)19-14-12-18(13-15-19)27-25(33)34-4-2/h5-6,8-9,12-16,28H,3-4,7,10-11H2,1-2H3,(H,27,33)(H,30,31). The van der Waals surface area contributed by atoms with Crippen LogP contribution in [-0.2, 0) is 22.4 Å². The summed E-state index contributed by atoms with van der Waals surface area (Å²) in [5, 5.41) is 14.7. The second-order valence-electron chi connectivity index (χ2n) is 7.52. The number of amides is 1. The lowest BCUT2D eigenvalue weighted by atomic mass is 10.1. The minimum Gasteiger partial charge on any atom is -0.481 e. The third kappa shape index (κ3) is 6.22. The van der Waals surface area contributed by atoms with Gasteiger partial charge in [0.25, 0.3) is 5.56 Å². The number of rotatable bonds is 10. The Balaban J connectivity index is 1.93. The molecule has 34 heavy (non-hydrogen) atoms. The van der Waals surface area contributed by atoms with Crippen LogP contribution in [0.3, 0.4) is 0 Å². The SMILES string of the molecule is CCOC(=O)Nc1ccc(-n2[nH]c(CCCC(=O)O)c(C=Nc3ccccc3CC)c2=O)cc1. The first-order chi connectivity index (χ1) is 16.4. The molecule has 0 bridgehead atoms. The van der Waals surface area contributed by atoms with Crippen molar-refractivity contribution in [1.29, 1.82) is 0 Å². The van der Waals surface area contributed by atoms with Gasteiger partial charge in [-0.05, 0) is 62.1 Å². The Morgan fingerprint density at radius 3 is 2.56 bits per heavy atom. The lowest BCUT2D eigenvalue weighted by Crippen LogP contribution is -2.17. The molecule has 1 amide bonds. The summed E-state index contributed by atoms with van der Waals surface area (Å²) in [5.74, 6) is -0.890. The van der Waals surface area contributed by atoms with Crippen molar-refractivity contribution < 1.29 is 19.4 Å². The first kappa shape index (κ1) is 24.5. The number of aryl methyl sites for hydroxylation is 2. The predicted molar refractivity (Wildman–Crippen MR) is 131 cm³/mol. The maximum Gasteiger partial charge on any atom is 0.411 e. The summed E-state index contributed by atoms with van der Waals surface area (Å²) in [6, 6.07) is 14.4. The van der Waals surface area contributed by atoms with E-state index in [4.69, 9.17) is 9.84 Å². The summed E-state index contributed by atoms with van der Waals surface area (Å²) < 4.78 is 6.25. The molecule has 3 aromatic rings. The monoisotopic (exact) mass is 464 g/mol. The fourth-order valence-electron chi connectivity index (χ4n) is 3.47. The molecule has 0 unspecified atom stereocenters. The number of carboxylic acids is 1. The van der Waals surface area contributed by atoms with Gasteiger partial charge in [0.05, 0.1) is 23.5 Å². The van der Waals surface area contributed by atoms with Gasteiger partial charge in [0.1, 0.15) is 0 Å². The maximum absolute atomic E-state index is 13.2. The van der Waals surface area contributed by atoms with E-state index in [1.165, 1.54) is 10.9 Å². The molecule has 0 radical (unpaired) electrons. The first-order valence-electron chi connectivity index (χ1n) is 11.1. The van der Waals surface area contributed by atoms with E-state index in [9.17, 15) is 14.4 Å². The van der Waals surface area contributed by atoms with Gasteiger partial charge in [-0.3, -0.25) is 25.0 Å². The van der Waals surface area contributed by atoms with E-state index in [2.05, 4.69) is 15.4 Å². The molecule has 0 aliphatic carbocycles. The van der Waals surface area contributed by atoms with Crippen LogP contribution in [-0.4, -0.2) is 39.8 Å². The van der Waals surface area contributed by atoms with Crippen molar-refractivity contribution in [3.63, 3.8) is 0 Å². The Bertz CT molecular complexity index is 1220. The van der Waals surface area contributed by atoms with Crippen molar-refractivity contribution in [3.05, 3.63) is 75.7 Å². The molecule has 0 spiro atoms. The second-order valence-corrected chi connectivity index (χ2v) is 7.52. The number of H-pyrrole nitrogens is 1. The number of hydrogen-bond acceptors (Lipinski definition) is 5. The van der Waals surface area contributed by atoms with E-state index in [1.807, 2.05) is 31.2 Å². The van der Waals surface area contributed by atoms with Gasteiger partial charge in [-0.25, -0.2) is 9.48 Å². The van der Waals surface area contributed by atoms with Crippen molar-refractivity contribution in [2.75, 3.05) is 11.9 Å². The van der Waals surface area contributed by atoms with Crippen molar-refractivity contribution in [2.24, 2.45) is 4.99 Å². The van der Waals surface area contributed by atoms with Crippen LogP contribution in [0, 0.1) is 0 Å². The largest absolute Gasteiger partial charge is 0.481 e. The topological polar surface area (TPSA) is 126 Å². The summed E-state index contributed by atoms with van der Waals surface area (Å²) >= 11 is 0. The minimum atomic E-state index is -0.890. The maximum atomic E-state index is 13.2. The number of carbonyl (C=O) groups excluding carboxylic acids is 1. The molecule has 0 atom stereocenters. The van der Waals surface area contributed by atoms with Crippen LogP contribution in [0.25, 0.3) is 5.69 Å². The third-order valence-electron chi connectivity index (χ3n) is 5.18. The van der Waals surface area contributed by atoms with Crippen LogP contribution in [0.15, 0.2) is 58.3 Å². The molecular weight excluding hydrogens is 436 g/mol. The quantitative estimate of drug-likeness (QED) is 0.382. The van der Waals surface area contributed by atoms with E-state index in [0.29, 0.717) is 35.5 Å². The number of nitrogens with one attached hydrogen (secondary N) is 2. The zero-order valence-electron chi connectivity index (χ0n) is 19.2. The summed E-state index contributed by atoms with van der Waals surface area (Å²) in [6.45, 7) is 4.02. The number of ether oxygens (including phenoxy) is 1. The molecule has 9 heteroatoms. The summed E-state index contributed by atoms with van der Waals surface area (Å²) in [7, 11) is 0. The van der Waals surface area contributed by atoms with Gasteiger partial charge in [-0.2, -0.15) is 0 Å². The summed E-state index contributed by atoms with van der Waals surface area (Å²) in [5.41, 5.74) is 3.63. The number of para-hydroxylation sites is 1. The number of benzene rings is 2. The molecule has 178 valence electrons. The molecule has 0 aliphatic rings. The van der Waals surface area contributed by atoms with Gasteiger partial charge in [0.2, 0.25) is 0 Å². The Kier molecular flexibility index (Phi) is 8.39. The highest BCUT2D eigenvalue weighted by Gasteiger charge is 2.15. The van der Waals surface area contributed by atoms with Crippen LogP contribution in [0.1, 0.15) is 43.5 Å². The highest BCUT2D eigenvalue weighted by atomic mass is 16.5. The van der Waals surface area contributed by atoms with Gasteiger partial charge in [0.15, 0.2) is 0 Å². The first-order valence-corrected chi connectivity index (χ1v) is 11.1. The number of anilines is 1. The van der Waals surface area contributed by atoms with Crippen molar-refractivity contribution in [3.8, 4) is 5.69 Å². The molecule has 0 aliphatic heterocycles. The number of aliphatic imine (C=N–C) groups is 1. The lowest BCUT2D eigenvalue weighted by Gasteiger charge is -2.06. The summed E-state index contributed by atoms with van der Waals surface area (Å²) in [4.78, 5) is 40.4. The van der Waals surface area contributed by atoms with Crippen LogP contribution in [0.2, 0.25) is 0 Å². The van der Waals surface area contributed by atoms with Crippen LogP contribution in [0.5, 0.6) is 0 Å². The van der Waals surface area contributed by atoms with Gasteiger partial charge >= 0.3 is 12.1 Å². The third-order valence-corrected chi connectivity index (χ3v) is 5.18. The van der Waals surface area contributed by atoms with E-state index >= 15 is 0 Å². The van der Waals surface area contributed by atoms with Crippen molar-refractivity contribution in [2.45, 2.75) is 39.5 Å². The molecule has 3 rings (SSSR count). The Morgan fingerprint density at radius 2 is 1.88 bits per heavy atom. The zero-order chi connectivity index (χ0) is 24.5. The molecular formula is C25H28N4O5. The van der Waals surface area contributed by atoms with Crippen LogP contribution < -0.4 is 10.9 Å². The number of carboxylic acid groups (broad SMARTS) is 1. The van der Waals surface area contributed by atoms with Crippen LogP contribution in [0.4, 0.5) is 16.2 Å². The second kappa shape index (κ2) is 11.6. The smallest absolute Gasteiger partial charge is 0.411 e. The summed E-state index contributed by atoms with van der Waals surface area (Å²) in [6.07, 6.45) is 2.55. The fraction of sp³-hybridized carbons (Fsp3) is 0.280. The van der Waals surface area contributed by atoms with E-state index < -0.39 is 12.1 Å². The average molecular weight is 465 g/mol. The van der Waals surface area contributed by atoms with E-state index in [1.54, 1.807) is 31.2 Å². The fourth-order valence-corrected chi connectivity index (χ4v) is 3.47. The number of aliphatic carboxylic acids is 1. The Hall–Kier alpha value is -4.14. The molecule has 1 aromatic heterocycles. The molecule has 1 heterocycles. The minimum absolute atomic E-state index is 0.00329. The van der Waals surface area contributed by atoms with Gasteiger partial charge in [-0.15, -0.1) is 0 Å². The number of aromatic nitrogens is 2. The molecule has 0 fully saturated rings. The van der Waals surface area contributed by atoms with E-state index in [0.717, 1.165) is 17.7 Å². The van der Waals surface area contributed by atoms with Crippen molar-refractivity contribution >= 4 is 29.7 Å². The lowest BCUT2D eigenvalue weighted by molar-refractivity contribution is -0.137. The van der Waals surface area contributed by atoms with Gasteiger partial charge in [-0.1, -0.05) is 25.1 Å². The average Bonchev–Trinajstić information content (AvgIpc) is 3.13. The Labute approximate surface area is 197 Å². The van der Waals surface area contributed by atoms with E-state index in [-0.39, 0.29) is 18.6 Å².